The Morgan fingerprint density at radius 1 is 1.35 bits per heavy atom. The van der Waals surface area contributed by atoms with E-state index in [0.29, 0.717) is 6.54 Å². The first-order valence-electron chi connectivity index (χ1n) is 8.78. The molecule has 1 aliphatic heterocycles. The second-order valence-corrected chi connectivity index (χ2v) is 6.69. The summed E-state index contributed by atoms with van der Waals surface area (Å²) >= 11 is 0. The maximum atomic E-state index is 12.1. The average molecular weight is 318 g/mol. The minimum absolute atomic E-state index is 0.0412. The van der Waals surface area contributed by atoms with Crippen molar-refractivity contribution in [2.75, 3.05) is 26.2 Å². The van der Waals surface area contributed by atoms with Gasteiger partial charge in [0.05, 0.1) is 0 Å². The van der Waals surface area contributed by atoms with Crippen LogP contribution in [0.3, 0.4) is 0 Å². The van der Waals surface area contributed by atoms with Crippen LogP contribution in [-0.2, 0) is 4.79 Å². The number of likely N-dealkylation sites (tertiary alicyclic amines) is 1. The molecular formula is C19H30N2O2. The Morgan fingerprint density at radius 2 is 2.04 bits per heavy atom. The highest BCUT2D eigenvalue weighted by Gasteiger charge is 2.16. The van der Waals surface area contributed by atoms with Crippen molar-refractivity contribution >= 4 is 5.91 Å². The van der Waals surface area contributed by atoms with Gasteiger partial charge in [-0.2, -0.15) is 0 Å². The summed E-state index contributed by atoms with van der Waals surface area (Å²) in [6.45, 7) is 10.3. The summed E-state index contributed by atoms with van der Waals surface area (Å²) in [5.74, 6) is 1.60. The molecule has 0 bridgehead atoms. The van der Waals surface area contributed by atoms with Crippen molar-refractivity contribution in [3.05, 3.63) is 29.8 Å². The number of benzene rings is 1. The Hall–Kier alpha value is -1.55. The molecule has 0 radical (unpaired) electrons. The lowest BCUT2D eigenvalue weighted by atomic mass is 9.99. The van der Waals surface area contributed by atoms with Crippen molar-refractivity contribution in [3.63, 3.8) is 0 Å². The van der Waals surface area contributed by atoms with Crippen LogP contribution in [-0.4, -0.2) is 43.1 Å². The van der Waals surface area contributed by atoms with Crippen LogP contribution < -0.4 is 10.1 Å². The Balaban J connectivity index is 1.63. The SMILES string of the molecule is Cc1ccccc1O[C@H](C)C(=O)NCCCN1CCC(C)CC1. The van der Waals surface area contributed by atoms with E-state index >= 15 is 0 Å². The van der Waals surface area contributed by atoms with Crippen LogP contribution in [0.25, 0.3) is 0 Å². The monoisotopic (exact) mass is 318 g/mol. The standard InChI is InChI=1S/C19H30N2O2/c1-15-9-13-21(14-10-15)12-6-11-20-19(22)17(3)23-18-8-5-4-7-16(18)2/h4-5,7-8,15,17H,6,9-14H2,1-3H3,(H,20,22)/t17-/m1/s1. The lowest BCUT2D eigenvalue weighted by molar-refractivity contribution is -0.127. The van der Waals surface area contributed by atoms with Crippen molar-refractivity contribution < 1.29 is 9.53 Å². The van der Waals surface area contributed by atoms with Gasteiger partial charge < -0.3 is 15.0 Å². The molecule has 0 aliphatic carbocycles. The molecule has 1 aliphatic rings. The molecule has 0 spiro atoms. The van der Waals surface area contributed by atoms with E-state index in [0.717, 1.165) is 30.2 Å². The number of carbonyl (C=O) groups is 1. The Labute approximate surface area is 140 Å². The van der Waals surface area contributed by atoms with Crippen LogP contribution >= 0.6 is 0 Å². The topological polar surface area (TPSA) is 41.6 Å². The number of nitrogens with one attached hydrogen (secondary N) is 1. The summed E-state index contributed by atoms with van der Waals surface area (Å²) < 4.78 is 5.74. The van der Waals surface area contributed by atoms with Gasteiger partial charge in [0.15, 0.2) is 6.10 Å². The number of amides is 1. The number of aryl methyl sites for hydroxylation is 1. The third-order valence-corrected chi connectivity index (χ3v) is 4.59. The van der Waals surface area contributed by atoms with Gasteiger partial charge in [-0.25, -0.2) is 0 Å². The second kappa shape index (κ2) is 8.92. The zero-order valence-corrected chi connectivity index (χ0v) is 14.7. The predicted octanol–water partition coefficient (Wildman–Crippen LogP) is 3.00. The Bertz CT molecular complexity index is 496. The molecule has 0 aromatic heterocycles. The third kappa shape index (κ3) is 5.87. The minimum atomic E-state index is -0.466. The van der Waals surface area contributed by atoms with Gasteiger partial charge in [-0.3, -0.25) is 4.79 Å². The first-order chi connectivity index (χ1) is 11.1. The molecule has 4 nitrogen and oxygen atoms in total. The summed E-state index contributed by atoms with van der Waals surface area (Å²) in [5.41, 5.74) is 1.05. The van der Waals surface area contributed by atoms with E-state index in [2.05, 4.69) is 17.1 Å². The molecule has 0 saturated carbocycles. The highest BCUT2D eigenvalue weighted by molar-refractivity contribution is 5.80. The number of piperidine rings is 1. The number of hydrogen-bond donors (Lipinski definition) is 1. The van der Waals surface area contributed by atoms with Gasteiger partial charge >= 0.3 is 0 Å². The van der Waals surface area contributed by atoms with E-state index in [1.54, 1.807) is 6.92 Å². The fraction of sp³-hybridized carbons (Fsp3) is 0.632. The first kappa shape index (κ1) is 17.8. The molecule has 1 heterocycles. The van der Waals surface area contributed by atoms with Crippen molar-refractivity contribution in [3.8, 4) is 5.75 Å². The van der Waals surface area contributed by atoms with Crippen molar-refractivity contribution in [2.24, 2.45) is 5.92 Å². The smallest absolute Gasteiger partial charge is 0.260 e. The van der Waals surface area contributed by atoms with Gasteiger partial charge in [0.25, 0.3) is 5.91 Å². The number of hydrogen-bond acceptors (Lipinski definition) is 3. The lowest BCUT2D eigenvalue weighted by Crippen LogP contribution is -2.39. The second-order valence-electron chi connectivity index (χ2n) is 6.69. The van der Waals surface area contributed by atoms with Crippen LogP contribution in [0.5, 0.6) is 5.75 Å². The summed E-state index contributed by atoms with van der Waals surface area (Å²) in [6, 6.07) is 7.77. The average Bonchev–Trinajstić information content (AvgIpc) is 2.55. The van der Waals surface area contributed by atoms with Gasteiger partial charge in [0.1, 0.15) is 5.75 Å². The van der Waals surface area contributed by atoms with E-state index < -0.39 is 6.10 Å². The summed E-state index contributed by atoms with van der Waals surface area (Å²) in [6.07, 6.45) is 3.13. The van der Waals surface area contributed by atoms with E-state index in [1.807, 2.05) is 31.2 Å². The lowest BCUT2D eigenvalue weighted by Gasteiger charge is -2.30. The third-order valence-electron chi connectivity index (χ3n) is 4.59. The molecule has 1 N–H and O–H groups in total. The van der Waals surface area contributed by atoms with Crippen molar-refractivity contribution in [1.82, 2.24) is 10.2 Å². The molecule has 1 amide bonds. The van der Waals surface area contributed by atoms with Crippen LogP contribution in [0.1, 0.15) is 38.7 Å². The molecule has 4 heteroatoms. The first-order valence-corrected chi connectivity index (χ1v) is 8.78. The molecule has 1 aromatic carbocycles. The number of ether oxygens (including phenoxy) is 1. The van der Waals surface area contributed by atoms with Crippen LogP contribution in [0.15, 0.2) is 24.3 Å². The summed E-state index contributed by atoms with van der Waals surface area (Å²) in [7, 11) is 0. The van der Waals surface area contributed by atoms with E-state index in [9.17, 15) is 4.79 Å². The molecule has 128 valence electrons. The van der Waals surface area contributed by atoms with Gasteiger partial charge in [-0.05, 0) is 70.3 Å². The quantitative estimate of drug-likeness (QED) is 0.786. The van der Waals surface area contributed by atoms with Crippen molar-refractivity contribution in [2.45, 2.75) is 46.1 Å². The van der Waals surface area contributed by atoms with Gasteiger partial charge in [-0.15, -0.1) is 0 Å². The minimum Gasteiger partial charge on any atom is -0.481 e. The molecule has 1 saturated heterocycles. The fourth-order valence-electron chi connectivity index (χ4n) is 2.88. The molecule has 23 heavy (non-hydrogen) atoms. The molecular weight excluding hydrogens is 288 g/mol. The molecule has 1 atom stereocenters. The molecule has 1 fully saturated rings. The number of nitrogens with zero attached hydrogens (tertiary/aromatic N) is 1. The molecule has 2 rings (SSSR count). The van der Waals surface area contributed by atoms with E-state index in [4.69, 9.17) is 4.74 Å². The molecule has 1 aromatic rings. The van der Waals surface area contributed by atoms with Gasteiger partial charge in [0.2, 0.25) is 0 Å². The number of para-hydroxylation sites is 1. The van der Waals surface area contributed by atoms with Crippen LogP contribution in [0, 0.1) is 12.8 Å². The highest BCUT2D eigenvalue weighted by Crippen LogP contribution is 2.18. The highest BCUT2D eigenvalue weighted by atomic mass is 16.5. The Kier molecular flexibility index (Phi) is 6.90. The Morgan fingerprint density at radius 3 is 2.74 bits per heavy atom. The molecule has 0 unspecified atom stereocenters. The largest absolute Gasteiger partial charge is 0.481 e. The summed E-state index contributed by atoms with van der Waals surface area (Å²) in [5, 5.41) is 2.98. The fourth-order valence-corrected chi connectivity index (χ4v) is 2.88. The number of carbonyl (C=O) groups excluding carboxylic acids is 1. The number of rotatable bonds is 7. The van der Waals surface area contributed by atoms with Crippen molar-refractivity contribution in [1.29, 1.82) is 0 Å². The van der Waals surface area contributed by atoms with E-state index in [1.165, 1.54) is 25.9 Å². The van der Waals surface area contributed by atoms with Gasteiger partial charge in [0, 0.05) is 6.54 Å². The zero-order chi connectivity index (χ0) is 16.7. The van der Waals surface area contributed by atoms with Crippen LogP contribution in [0.4, 0.5) is 0 Å². The van der Waals surface area contributed by atoms with Crippen LogP contribution in [0.2, 0.25) is 0 Å². The predicted molar refractivity (Wildman–Crippen MR) is 93.7 cm³/mol. The zero-order valence-electron chi connectivity index (χ0n) is 14.7. The summed E-state index contributed by atoms with van der Waals surface area (Å²) in [4.78, 5) is 14.6. The maximum Gasteiger partial charge on any atom is 0.260 e. The van der Waals surface area contributed by atoms with E-state index in [-0.39, 0.29) is 5.91 Å². The normalized spacial score (nSPS) is 17.7. The van der Waals surface area contributed by atoms with Gasteiger partial charge in [-0.1, -0.05) is 25.1 Å². The maximum absolute atomic E-state index is 12.1.